The van der Waals surface area contributed by atoms with E-state index in [0.29, 0.717) is 66.9 Å². The molecule has 1 aliphatic heterocycles. The van der Waals surface area contributed by atoms with E-state index in [0.717, 1.165) is 12.1 Å². The zero-order chi connectivity index (χ0) is 22.2. The highest BCUT2D eigenvalue weighted by Gasteiger charge is 2.22. The fraction of sp³-hybridized carbons (Fsp3) is 0.333. The Morgan fingerprint density at radius 2 is 1.94 bits per heavy atom. The molecule has 0 spiro atoms. The van der Waals surface area contributed by atoms with Crippen molar-refractivity contribution in [2.24, 2.45) is 0 Å². The molecule has 0 bridgehead atoms. The van der Waals surface area contributed by atoms with Gasteiger partial charge in [-0.2, -0.15) is 9.97 Å². The molecule has 11 heteroatoms. The van der Waals surface area contributed by atoms with E-state index in [2.05, 4.69) is 20.0 Å². The number of rotatable bonds is 5. The maximum absolute atomic E-state index is 13.8. The number of aromatic nitrogens is 6. The van der Waals surface area contributed by atoms with Crippen LogP contribution in [0.3, 0.4) is 0 Å². The molecule has 3 aromatic heterocycles. The molecule has 1 aliphatic rings. The Bertz CT molecular complexity index is 1280. The van der Waals surface area contributed by atoms with E-state index >= 15 is 0 Å². The van der Waals surface area contributed by atoms with Crippen LogP contribution in [-0.2, 0) is 11.3 Å². The molecule has 0 saturated carbocycles. The van der Waals surface area contributed by atoms with Crippen molar-refractivity contribution < 1.29 is 18.3 Å². The fourth-order valence-electron chi connectivity index (χ4n) is 3.72. The van der Waals surface area contributed by atoms with E-state index < -0.39 is 11.6 Å². The SMILES string of the molecule is CCn1cnc2c(N3CCOCC3)nc(-n3cc(-c4ccc(F)c(F)c4)c(OC)n3)nc21. The van der Waals surface area contributed by atoms with Crippen molar-refractivity contribution in [2.75, 3.05) is 38.3 Å². The molecule has 9 nitrogen and oxygen atoms in total. The quantitative estimate of drug-likeness (QED) is 0.471. The number of halogens is 2. The lowest BCUT2D eigenvalue weighted by Crippen LogP contribution is -2.37. The lowest BCUT2D eigenvalue weighted by atomic mass is 10.1. The van der Waals surface area contributed by atoms with Crippen molar-refractivity contribution in [3.8, 4) is 23.0 Å². The minimum Gasteiger partial charge on any atom is -0.479 e. The van der Waals surface area contributed by atoms with Crippen LogP contribution in [0.2, 0.25) is 0 Å². The van der Waals surface area contributed by atoms with Crippen molar-refractivity contribution >= 4 is 17.0 Å². The summed E-state index contributed by atoms with van der Waals surface area (Å²) in [5, 5.41) is 4.44. The van der Waals surface area contributed by atoms with Gasteiger partial charge in [0.15, 0.2) is 28.6 Å². The van der Waals surface area contributed by atoms with Crippen LogP contribution in [0.1, 0.15) is 6.92 Å². The highest BCUT2D eigenvalue weighted by atomic mass is 19.2. The van der Waals surface area contributed by atoms with Crippen LogP contribution in [0.25, 0.3) is 28.2 Å². The first-order valence-electron chi connectivity index (χ1n) is 10.2. The van der Waals surface area contributed by atoms with E-state index in [1.807, 2.05) is 11.5 Å². The minimum absolute atomic E-state index is 0.247. The molecule has 4 aromatic rings. The van der Waals surface area contributed by atoms with Gasteiger partial charge in [0.05, 0.1) is 32.2 Å². The predicted molar refractivity (Wildman–Crippen MR) is 113 cm³/mol. The van der Waals surface area contributed by atoms with Crippen LogP contribution in [0.4, 0.5) is 14.6 Å². The number of benzene rings is 1. The number of anilines is 1. The Hall–Kier alpha value is -3.60. The summed E-state index contributed by atoms with van der Waals surface area (Å²) in [6.07, 6.45) is 3.38. The van der Waals surface area contributed by atoms with E-state index in [4.69, 9.17) is 14.5 Å². The van der Waals surface area contributed by atoms with Gasteiger partial charge in [-0.1, -0.05) is 6.07 Å². The predicted octanol–water partition coefficient (Wildman–Crippen LogP) is 2.82. The topological polar surface area (TPSA) is 83.1 Å². The maximum Gasteiger partial charge on any atom is 0.254 e. The molecule has 0 unspecified atom stereocenters. The van der Waals surface area contributed by atoms with Crippen LogP contribution >= 0.6 is 0 Å². The van der Waals surface area contributed by atoms with Gasteiger partial charge in [0.25, 0.3) is 5.95 Å². The Kier molecular flexibility index (Phi) is 5.17. The summed E-state index contributed by atoms with van der Waals surface area (Å²) in [6, 6.07) is 3.65. The summed E-state index contributed by atoms with van der Waals surface area (Å²) >= 11 is 0. The number of ether oxygens (including phenoxy) is 2. The van der Waals surface area contributed by atoms with Gasteiger partial charge in [-0.25, -0.2) is 18.4 Å². The Morgan fingerprint density at radius 1 is 1.12 bits per heavy atom. The highest BCUT2D eigenvalue weighted by Crippen LogP contribution is 2.31. The number of methoxy groups -OCH3 is 1. The lowest BCUT2D eigenvalue weighted by molar-refractivity contribution is 0.122. The third kappa shape index (κ3) is 3.44. The Labute approximate surface area is 182 Å². The van der Waals surface area contributed by atoms with Crippen molar-refractivity contribution in [2.45, 2.75) is 13.5 Å². The van der Waals surface area contributed by atoms with Gasteiger partial charge in [-0.3, -0.25) is 0 Å². The molecule has 1 saturated heterocycles. The van der Waals surface area contributed by atoms with Crippen LogP contribution in [0.5, 0.6) is 5.88 Å². The van der Waals surface area contributed by atoms with Gasteiger partial charge in [0.1, 0.15) is 0 Å². The molecule has 0 amide bonds. The number of aryl methyl sites for hydroxylation is 1. The second-order valence-electron chi connectivity index (χ2n) is 7.27. The largest absolute Gasteiger partial charge is 0.479 e. The third-order valence-electron chi connectivity index (χ3n) is 5.39. The fourth-order valence-corrected chi connectivity index (χ4v) is 3.72. The zero-order valence-electron chi connectivity index (χ0n) is 17.6. The molecule has 1 aromatic carbocycles. The first kappa shape index (κ1) is 20.3. The molecule has 1 fully saturated rings. The van der Waals surface area contributed by atoms with Gasteiger partial charge in [-0.15, -0.1) is 5.10 Å². The highest BCUT2D eigenvalue weighted by molar-refractivity contribution is 5.84. The molecule has 32 heavy (non-hydrogen) atoms. The minimum atomic E-state index is -0.948. The van der Waals surface area contributed by atoms with Crippen molar-refractivity contribution in [1.29, 1.82) is 0 Å². The number of fused-ring (bicyclic) bond motifs is 1. The monoisotopic (exact) mass is 441 g/mol. The first-order chi connectivity index (χ1) is 15.6. The normalized spacial score (nSPS) is 14.3. The third-order valence-corrected chi connectivity index (χ3v) is 5.39. The summed E-state index contributed by atoms with van der Waals surface area (Å²) in [5.74, 6) is -0.601. The molecule has 0 atom stereocenters. The standard InChI is InChI=1S/C21H21F2N7O2/c1-3-28-12-24-17-18(28)25-21(26-19(17)29-6-8-32-9-7-29)30-11-14(20(27-30)31-2)13-4-5-15(22)16(23)10-13/h4-5,10-12H,3,6-9H2,1-2H3. The zero-order valence-corrected chi connectivity index (χ0v) is 17.6. The lowest BCUT2D eigenvalue weighted by Gasteiger charge is -2.28. The van der Waals surface area contributed by atoms with E-state index in [1.165, 1.54) is 17.9 Å². The van der Waals surface area contributed by atoms with E-state index in [9.17, 15) is 8.78 Å². The van der Waals surface area contributed by atoms with E-state index in [-0.39, 0.29) is 5.88 Å². The molecule has 0 radical (unpaired) electrons. The second kappa shape index (κ2) is 8.15. The van der Waals surface area contributed by atoms with Crippen LogP contribution in [0.15, 0.2) is 30.7 Å². The molecule has 4 heterocycles. The molecular weight excluding hydrogens is 420 g/mol. The summed E-state index contributed by atoms with van der Waals surface area (Å²) in [6.45, 7) is 5.28. The van der Waals surface area contributed by atoms with Crippen molar-refractivity contribution in [3.05, 3.63) is 42.4 Å². The Morgan fingerprint density at radius 3 is 2.66 bits per heavy atom. The molecular formula is C21H21F2N7O2. The van der Waals surface area contributed by atoms with E-state index in [1.54, 1.807) is 12.5 Å². The van der Waals surface area contributed by atoms with Gasteiger partial charge in [0.2, 0.25) is 5.88 Å². The van der Waals surface area contributed by atoms with Crippen LogP contribution in [-0.4, -0.2) is 62.7 Å². The van der Waals surface area contributed by atoms with Crippen molar-refractivity contribution in [1.82, 2.24) is 29.3 Å². The molecule has 166 valence electrons. The van der Waals surface area contributed by atoms with Crippen LogP contribution < -0.4 is 9.64 Å². The van der Waals surface area contributed by atoms with Crippen LogP contribution in [0, 0.1) is 11.6 Å². The first-order valence-corrected chi connectivity index (χ1v) is 10.2. The Balaban J connectivity index is 1.65. The molecule has 0 N–H and O–H groups in total. The second-order valence-corrected chi connectivity index (χ2v) is 7.27. The summed E-state index contributed by atoms with van der Waals surface area (Å²) in [5.41, 5.74) is 2.31. The summed E-state index contributed by atoms with van der Waals surface area (Å²) < 4.78 is 41.5. The average molecular weight is 441 g/mol. The number of nitrogens with zero attached hydrogens (tertiary/aromatic N) is 7. The number of hydrogen-bond acceptors (Lipinski definition) is 7. The van der Waals surface area contributed by atoms with Gasteiger partial charge in [-0.05, 0) is 24.6 Å². The van der Waals surface area contributed by atoms with Gasteiger partial charge in [0, 0.05) is 25.8 Å². The molecule has 0 aliphatic carbocycles. The number of imidazole rings is 1. The van der Waals surface area contributed by atoms with Gasteiger partial charge >= 0.3 is 0 Å². The van der Waals surface area contributed by atoms with Gasteiger partial charge < -0.3 is 18.9 Å². The van der Waals surface area contributed by atoms with Crippen molar-refractivity contribution in [3.63, 3.8) is 0 Å². The average Bonchev–Trinajstić information content (AvgIpc) is 3.45. The smallest absolute Gasteiger partial charge is 0.254 e. The molecule has 5 rings (SSSR count). The summed E-state index contributed by atoms with van der Waals surface area (Å²) in [4.78, 5) is 16.1. The number of hydrogen-bond donors (Lipinski definition) is 0. The summed E-state index contributed by atoms with van der Waals surface area (Å²) in [7, 11) is 1.46. The maximum atomic E-state index is 13.8. The number of morpholine rings is 1.